The molecule has 23 heavy (non-hydrogen) atoms. The van der Waals surface area contributed by atoms with Gasteiger partial charge in [0, 0.05) is 11.3 Å². The zero-order valence-electron chi connectivity index (χ0n) is 12.1. The summed E-state index contributed by atoms with van der Waals surface area (Å²) in [6.45, 7) is 1.09. The highest BCUT2D eigenvalue weighted by Gasteiger charge is 2.20. The van der Waals surface area contributed by atoms with Crippen LogP contribution in [-0.2, 0) is 19.5 Å². The molecule has 0 unspecified atom stereocenters. The van der Waals surface area contributed by atoms with E-state index in [0.29, 0.717) is 18.9 Å². The van der Waals surface area contributed by atoms with Crippen molar-refractivity contribution in [3.63, 3.8) is 0 Å². The number of nitriles is 1. The molecule has 2 aromatic carbocycles. The third kappa shape index (κ3) is 3.35. The molecule has 1 heterocycles. The molecule has 0 aliphatic carbocycles. The van der Waals surface area contributed by atoms with Gasteiger partial charge in [-0.05, 0) is 24.3 Å². The molecular weight excluding hydrogens is 316 g/mol. The molecule has 1 N–H and O–H groups in total. The second-order valence-electron chi connectivity index (χ2n) is 4.91. The number of hydrogen-bond donors (Lipinski definition) is 1. The summed E-state index contributed by atoms with van der Waals surface area (Å²) in [7, 11) is -3.82. The van der Waals surface area contributed by atoms with Crippen LogP contribution in [0, 0.1) is 11.3 Å². The minimum absolute atomic E-state index is 0.0472. The van der Waals surface area contributed by atoms with E-state index < -0.39 is 16.3 Å². The molecule has 2 aromatic rings. The van der Waals surface area contributed by atoms with E-state index in [2.05, 4.69) is 4.72 Å². The number of anilines is 1. The van der Waals surface area contributed by atoms with E-state index in [0.717, 1.165) is 5.56 Å². The first kappa shape index (κ1) is 15.5. The van der Waals surface area contributed by atoms with E-state index in [9.17, 15) is 8.42 Å². The summed E-state index contributed by atoms with van der Waals surface area (Å²) in [5.74, 6) is 0. The summed E-state index contributed by atoms with van der Waals surface area (Å²) in [5, 5.41) is 9.04. The van der Waals surface area contributed by atoms with Crippen LogP contribution in [0.25, 0.3) is 0 Å². The maximum atomic E-state index is 12.4. The SMILES string of the molecule is N#Cc1ccccc1S(=O)(=O)Nc1ccc(C2OCCO2)cc1. The normalized spacial score (nSPS) is 15.3. The highest BCUT2D eigenvalue weighted by molar-refractivity contribution is 7.92. The molecule has 7 heteroatoms. The fourth-order valence-electron chi connectivity index (χ4n) is 2.26. The van der Waals surface area contributed by atoms with Crippen molar-refractivity contribution in [1.29, 1.82) is 5.26 Å². The highest BCUT2D eigenvalue weighted by atomic mass is 32.2. The van der Waals surface area contributed by atoms with Gasteiger partial charge in [0.15, 0.2) is 6.29 Å². The molecule has 0 spiro atoms. The Morgan fingerprint density at radius 2 is 1.70 bits per heavy atom. The predicted molar refractivity (Wildman–Crippen MR) is 83.1 cm³/mol. The molecule has 0 radical (unpaired) electrons. The molecule has 0 saturated carbocycles. The highest BCUT2D eigenvalue weighted by Crippen LogP contribution is 2.25. The molecule has 118 valence electrons. The maximum absolute atomic E-state index is 12.4. The molecule has 1 aliphatic rings. The number of sulfonamides is 1. The van der Waals surface area contributed by atoms with E-state index >= 15 is 0 Å². The van der Waals surface area contributed by atoms with Crippen LogP contribution in [0.4, 0.5) is 5.69 Å². The third-order valence-corrected chi connectivity index (χ3v) is 4.79. The maximum Gasteiger partial charge on any atom is 0.263 e. The molecule has 1 aliphatic heterocycles. The molecule has 3 rings (SSSR count). The molecule has 0 amide bonds. The Kier molecular flexibility index (Phi) is 4.30. The van der Waals surface area contributed by atoms with Crippen LogP contribution in [0.15, 0.2) is 53.4 Å². The van der Waals surface area contributed by atoms with Crippen molar-refractivity contribution in [1.82, 2.24) is 0 Å². The Morgan fingerprint density at radius 1 is 1.04 bits per heavy atom. The van der Waals surface area contributed by atoms with E-state index in [-0.39, 0.29) is 10.5 Å². The van der Waals surface area contributed by atoms with Crippen LogP contribution < -0.4 is 4.72 Å². The van der Waals surface area contributed by atoms with E-state index in [1.807, 2.05) is 6.07 Å². The van der Waals surface area contributed by atoms with Crippen molar-refractivity contribution in [2.45, 2.75) is 11.2 Å². The quantitative estimate of drug-likeness (QED) is 0.930. The molecular formula is C16H14N2O4S. The third-order valence-electron chi connectivity index (χ3n) is 3.35. The summed E-state index contributed by atoms with van der Waals surface area (Å²) < 4.78 is 38.1. The van der Waals surface area contributed by atoms with Crippen LogP contribution in [-0.4, -0.2) is 21.6 Å². The number of nitrogens with zero attached hydrogens (tertiary/aromatic N) is 1. The fraction of sp³-hybridized carbons (Fsp3) is 0.188. The molecule has 1 fully saturated rings. The zero-order valence-corrected chi connectivity index (χ0v) is 12.9. The van der Waals surface area contributed by atoms with Gasteiger partial charge < -0.3 is 9.47 Å². The summed E-state index contributed by atoms with van der Waals surface area (Å²) in [6.07, 6.45) is -0.403. The molecule has 0 aromatic heterocycles. The monoisotopic (exact) mass is 330 g/mol. The number of benzene rings is 2. The van der Waals surface area contributed by atoms with E-state index in [1.165, 1.54) is 12.1 Å². The lowest BCUT2D eigenvalue weighted by Crippen LogP contribution is -2.14. The summed E-state index contributed by atoms with van der Waals surface area (Å²) in [6, 6.07) is 14.7. The van der Waals surface area contributed by atoms with Gasteiger partial charge in [0.1, 0.15) is 11.0 Å². The summed E-state index contributed by atoms with van der Waals surface area (Å²) in [5.41, 5.74) is 1.33. The number of nitrogens with one attached hydrogen (secondary N) is 1. The Labute approximate surface area is 134 Å². The van der Waals surface area contributed by atoms with Gasteiger partial charge in [-0.2, -0.15) is 5.26 Å². The second kappa shape index (κ2) is 6.38. The number of rotatable bonds is 4. The minimum atomic E-state index is -3.82. The van der Waals surface area contributed by atoms with Gasteiger partial charge in [-0.3, -0.25) is 4.72 Å². The first-order chi connectivity index (χ1) is 11.1. The van der Waals surface area contributed by atoms with Crippen LogP contribution in [0.5, 0.6) is 0 Å². The van der Waals surface area contributed by atoms with Crippen LogP contribution >= 0.6 is 0 Å². The van der Waals surface area contributed by atoms with Crippen molar-refractivity contribution in [3.05, 3.63) is 59.7 Å². The number of hydrogen-bond acceptors (Lipinski definition) is 5. The van der Waals surface area contributed by atoms with Gasteiger partial charge in [0.05, 0.1) is 18.8 Å². The van der Waals surface area contributed by atoms with Crippen molar-refractivity contribution < 1.29 is 17.9 Å². The van der Waals surface area contributed by atoms with Gasteiger partial charge in [-0.15, -0.1) is 0 Å². The smallest absolute Gasteiger partial charge is 0.263 e. The Balaban J connectivity index is 1.82. The topological polar surface area (TPSA) is 88.4 Å². The Morgan fingerprint density at radius 3 is 2.35 bits per heavy atom. The molecule has 0 atom stereocenters. The van der Waals surface area contributed by atoms with Crippen molar-refractivity contribution in [2.75, 3.05) is 17.9 Å². The van der Waals surface area contributed by atoms with Gasteiger partial charge in [-0.25, -0.2) is 8.42 Å². The van der Waals surface area contributed by atoms with Crippen LogP contribution in [0.2, 0.25) is 0 Å². The van der Waals surface area contributed by atoms with Crippen molar-refractivity contribution >= 4 is 15.7 Å². The molecule has 0 bridgehead atoms. The molecule has 6 nitrogen and oxygen atoms in total. The lowest BCUT2D eigenvalue weighted by atomic mass is 10.2. The fourth-order valence-corrected chi connectivity index (χ4v) is 3.48. The zero-order chi connectivity index (χ0) is 16.3. The minimum Gasteiger partial charge on any atom is -0.346 e. The Bertz CT molecular complexity index is 835. The lowest BCUT2D eigenvalue weighted by Gasteiger charge is -2.12. The van der Waals surface area contributed by atoms with Crippen molar-refractivity contribution in [2.24, 2.45) is 0 Å². The summed E-state index contributed by atoms with van der Waals surface area (Å²) >= 11 is 0. The van der Waals surface area contributed by atoms with E-state index in [4.69, 9.17) is 14.7 Å². The molecule has 1 saturated heterocycles. The standard InChI is InChI=1S/C16H14N2O4S/c17-11-13-3-1-2-4-15(13)23(19,20)18-14-7-5-12(6-8-14)16-21-9-10-22-16/h1-8,16,18H,9-10H2. The predicted octanol–water partition coefficient (Wildman–Crippen LogP) is 2.40. The number of ether oxygens (including phenoxy) is 2. The van der Waals surface area contributed by atoms with Gasteiger partial charge in [0.2, 0.25) is 0 Å². The average Bonchev–Trinajstić information content (AvgIpc) is 3.09. The second-order valence-corrected chi connectivity index (χ2v) is 6.56. The van der Waals surface area contributed by atoms with Crippen molar-refractivity contribution in [3.8, 4) is 6.07 Å². The van der Waals surface area contributed by atoms with Gasteiger partial charge in [0.25, 0.3) is 10.0 Å². The van der Waals surface area contributed by atoms with Gasteiger partial charge in [-0.1, -0.05) is 24.3 Å². The largest absolute Gasteiger partial charge is 0.346 e. The van der Waals surface area contributed by atoms with E-state index in [1.54, 1.807) is 36.4 Å². The van der Waals surface area contributed by atoms with Crippen LogP contribution in [0.3, 0.4) is 0 Å². The van der Waals surface area contributed by atoms with Crippen LogP contribution in [0.1, 0.15) is 17.4 Å². The lowest BCUT2D eigenvalue weighted by molar-refractivity contribution is -0.0441. The summed E-state index contributed by atoms with van der Waals surface area (Å²) in [4.78, 5) is -0.0472. The first-order valence-corrected chi connectivity index (χ1v) is 8.43. The average molecular weight is 330 g/mol. The first-order valence-electron chi connectivity index (χ1n) is 6.95. The van der Waals surface area contributed by atoms with Gasteiger partial charge >= 0.3 is 0 Å². The Hall–Kier alpha value is -2.40.